The van der Waals surface area contributed by atoms with E-state index in [2.05, 4.69) is 63.8 Å². The molecule has 2 heterocycles. The van der Waals surface area contributed by atoms with Crippen LogP contribution in [0.5, 0.6) is 0 Å². The molecule has 0 bridgehead atoms. The molecule has 0 spiro atoms. The van der Waals surface area contributed by atoms with Crippen LogP contribution in [0.3, 0.4) is 0 Å². The van der Waals surface area contributed by atoms with E-state index in [4.69, 9.17) is 9.31 Å². The normalized spacial score (nSPS) is 27.2. The standard InChI is InChI=1S/C18H28BNO2/c1-14-8-7-11-20(13-14)16-10-6-9-15(12-16)19-21-17(2,3)18(4,5)22-19/h6,9-10,12,14H,7-8,11,13H2,1-5H3/t14-/m0/s1. The van der Waals surface area contributed by atoms with E-state index < -0.39 is 0 Å². The molecule has 2 fully saturated rings. The highest BCUT2D eigenvalue weighted by molar-refractivity contribution is 6.62. The summed E-state index contributed by atoms with van der Waals surface area (Å²) in [6.07, 6.45) is 2.62. The van der Waals surface area contributed by atoms with Crippen LogP contribution >= 0.6 is 0 Å². The zero-order valence-electron chi connectivity index (χ0n) is 14.6. The van der Waals surface area contributed by atoms with Crippen LogP contribution < -0.4 is 10.4 Å². The summed E-state index contributed by atoms with van der Waals surface area (Å²) >= 11 is 0. The van der Waals surface area contributed by atoms with Gasteiger partial charge in [0.2, 0.25) is 0 Å². The number of benzene rings is 1. The lowest BCUT2D eigenvalue weighted by Crippen LogP contribution is -2.41. The summed E-state index contributed by atoms with van der Waals surface area (Å²) in [6, 6.07) is 8.67. The Balaban J connectivity index is 1.80. The largest absolute Gasteiger partial charge is 0.494 e. The summed E-state index contributed by atoms with van der Waals surface area (Å²) < 4.78 is 12.3. The topological polar surface area (TPSA) is 21.7 Å². The van der Waals surface area contributed by atoms with E-state index in [1.54, 1.807) is 0 Å². The highest BCUT2D eigenvalue weighted by Crippen LogP contribution is 2.36. The van der Waals surface area contributed by atoms with Gasteiger partial charge in [0.1, 0.15) is 0 Å². The maximum Gasteiger partial charge on any atom is 0.494 e. The molecule has 120 valence electrons. The Morgan fingerprint density at radius 3 is 2.45 bits per heavy atom. The fourth-order valence-electron chi connectivity index (χ4n) is 3.27. The van der Waals surface area contributed by atoms with Crippen LogP contribution in [0.2, 0.25) is 0 Å². The fraction of sp³-hybridized carbons (Fsp3) is 0.667. The van der Waals surface area contributed by atoms with Gasteiger partial charge in [-0.25, -0.2) is 0 Å². The molecule has 0 unspecified atom stereocenters. The zero-order valence-corrected chi connectivity index (χ0v) is 14.6. The third-order valence-electron chi connectivity index (χ3n) is 5.42. The number of nitrogens with zero attached hydrogens (tertiary/aromatic N) is 1. The number of anilines is 1. The Hall–Kier alpha value is -0.995. The van der Waals surface area contributed by atoms with Gasteiger partial charge in [-0.05, 0) is 64.1 Å². The summed E-state index contributed by atoms with van der Waals surface area (Å²) in [7, 11) is -0.271. The first kappa shape index (κ1) is 15.9. The Kier molecular flexibility index (Phi) is 4.02. The molecule has 1 atom stereocenters. The summed E-state index contributed by atoms with van der Waals surface area (Å²) in [5.74, 6) is 0.772. The molecule has 1 aromatic carbocycles. The van der Waals surface area contributed by atoms with E-state index in [1.807, 2.05) is 0 Å². The Bertz CT molecular complexity index is 528. The van der Waals surface area contributed by atoms with Gasteiger partial charge in [0.25, 0.3) is 0 Å². The number of rotatable bonds is 2. The summed E-state index contributed by atoms with van der Waals surface area (Å²) in [5.41, 5.74) is 1.84. The molecule has 3 rings (SSSR count). The maximum atomic E-state index is 6.17. The Morgan fingerprint density at radius 1 is 1.14 bits per heavy atom. The Labute approximate surface area is 135 Å². The van der Waals surface area contributed by atoms with Crippen LogP contribution in [0.15, 0.2) is 24.3 Å². The molecule has 0 radical (unpaired) electrons. The lowest BCUT2D eigenvalue weighted by atomic mass is 9.79. The summed E-state index contributed by atoms with van der Waals surface area (Å²) in [4.78, 5) is 2.49. The quantitative estimate of drug-likeness (QED) is 0.783. The van der Waals surface area contributed by atoms with Crippen molar-refractivity contribution in [1.29, 1.82) is 0 Å². The lowest BCUT2D eigenvalue weighted by molar-refractivity contribution is 0.00578. The molecule has 2 aliphatic rings. The average molecular weight is 301 g/mol. The van der Waals surface area contributed by atoms with Crippen molar-refractivity contribution in [2.24, 2.45) is 5.92 Å². The average Bonchev–Trinajstić information content (AvgIpc) is 2.68. The molecule has 4 heteroatoms. The van der Waals surface area contributed by atoms with Crippen molar-refractivity contribution >= 4 is 18.3 Å². The minimum absolute atomic E-state index is 0.271. The number of hydrogen-bond acceptors (Lipinski definition) is 3. The molecular formula is C18H28BNO2. The van der Waals surface area contributed by atoms with Gasteiger partial charge in [-0.15, -0.1) is 0 Å². The summed E-state index contributed by atoms with van der Waals surface area (Å²) in [5, 5.41) is 0. The van der Waals surface area contributed by atoms with Crippen molar-refractivity contribution in [2.45, 2.75) is 58.7 Å². The van der Waals surface area contributed by atoms with Crippen LogP contribution in [-0.2, 0) is 9.31 Å². The molecule has 0 amide bonds. The van der Waals surface area contributed by atoms with Crippen LogP contribution in [0.25, 0.3) is 0 Å². The minimum atomic E-state index is -0.284. The van der Waals surface area contributed by atoms with E-state index in [-0.39, 0.29) is 18.3 Å². The summed E-state index contributed by atoms with van der Waals surface area (Å²) in [6.45, 7) is 13.0. The van der Waals surface area contributed by atoms with Crippen molar-refractivity contribution in [3.63, 3.8) is 0 Å². The monoisotopic (exact) mass is 301 g/mol. The molecule has 0 saturated carbocycles. The van der Waals surface area contributed by atoms with E-state index >= 15 is 0 Å². The lowest BCUT2D eigenvalue weighted by Gasteiger charge is -2.33. The Morgan fingerprint density at radius 2 is 1.82 bits per heavy atom. The van der Waals surface area contributed by atoms with Gasteiger partial charge in [-0.1, -0.05) is 19.1 Å². The molecule has 0 N–H and O–H groups in total. The minimum Gasteiger partial charge on any atom is -0.399 e. The number of piperidine rings is 1. The first-order valence-corrected chi connectivity index (χ1v) is 8.49. The SMILES string of the molecule is C[C@H]1CCCN(c2cccc(B3OC(C)(C)C(C)(C)O3)c2)C1. The molecule has 0 aromatic heterocycles. The van der Waals surface area contributed by atoms with Gasteiger partial charge >= 0.3 is 7.12 Å². The highest BCUT2D eigenvalue weighted by Gasteiger charge is 2.51. The molecular weight excluding hydrogens is 273 g/mol. The third kappa shape index (κ3) is 2.91. The van der Waals surface area contributed by atoms with Crippen molar-refractivity contribution < 1.29 is 9.31 Å². The van der Waals surface area contributed by atoms with Crippen molar-refractivity contribution in [2.75, 3.05) is 18.0 Å². The predicted molar refractivity (Wildman–Crippen MR) is 92.8 cm³/mol. The predicted octanol–water partition coefficient (Wildman–Crippen LogP) is 3.22. The molecule has 2 aliphatic heterocycles. The van der Waals surface area contributed by atoms with Gasteiger partial charge in [0.15, 0.2) is 0 Å². The highest BCUT2D eigenvalue weighted by atomic mass is 16.7. The van der Waals surface area contributed by atoms with E-state index in [9.17, 15) is 0 Å². The third-order valence-corrected chi connectivity index (χ3v) is 5.42. The van der Waals surface area contributed by atoms with Crippen molar-refractivity contribution in [3.8, 4) is 0 Å². The molecule has 0 aliphatic carbocycles. The molecule has 22 heavy (non-hydrogen) atoms. The second-order valence-electron chi connectivity index (χ2n) is 7.88. The number of hydrogen-bond donors (Lipinski definition) is 0. The molecule has 1 aromatic rings. The first-order chi connectivity index (χ1) is 10.3. The maximum absolute atomic E-state index is 6.17. The van der Waals surface area contributed by atoms with E-state index in [0.717, 1.165) is 24.5 Å². The van der Waals surface area contributed by atoms with Gasteiger partial charge in [0, 0.05) is 18.8 Å². The van der Waals surface area contributed by atoms with E-state index in [0.29, 0.717) is 0 Å². The second kappa shape index (κ2) is 5.57. The van der Waals surface area contributed by atoms with Gasteiger partial charge in [0.05, 0.1) is 11.2 Å². The van der Waals surface area contributed by atoms with Gasteiger partial charge in [-0.3, -0.25) is 0 Å². The van der Waals surface area contributed by atoms with Crippen LogP contribution in [-0.4, -0.2) is 31.4 Å². The zero-order chi connectivity index (χ0) is 16.0. The fourth-order valence-corrected chi connectivity index (χ4v) is 3.27. The van der Waals surface area contributed by atoms with Crippen LogP contribution in [0, 0.1) is 5.92 Å². The molecule has 2 saturated heterocycles. The smallest absolute Gasteiger partial charge is 0.399 e. The van der Waals surface area contributed by atoms with Crippen LogP contribution in [0.1, 0.15) is 47.5 Å². The van der Waals surface area contributed by atoms with Crippen molar-refractivity contribution in [1.82, 2.24) is 0 Å². The van der Waals surface area contributed by atoms with Gasteiger partial charge < -0.3 is 14.2 Å². The second-order valence-corrected chi connectivity index (χ2v) is 7.88. The first-order valence-electron chi connectivity index (χ1n) is 8.49. The van der Waals surface area contributed by atoms with Gasteiger partial charge in [-0.2, -0.15) is 0 Å². The van der Waals surface area contributed by atoms with E-state index in [1.165, 1.54) is 18.5 Å². The molecule has 3 nitrogen and oxygen atoms in total. The van der Waals surface area contributed by atoms with Crippen LogP contribution in [0.4, 0.5) is 5.69 Å². The van der Waals surface area contributed by atoms with Crippen molar-refractivity contribution in [3.05, 3.63) is 24.3 Å².